The number of para-hydroxylation sites is 1. The summed E-state index contributed by atoms with van der Waals surface area (Å²) < 4.78 is 1.38. The Morgan fingerprint density at radius 2 is 2.11 bits per heavy atom. The molecule has 2 aromatic rings. The summed E-state index contributed by atoms with van der Waals surface area (Å²) in [6.45, 7) is 6.14. The number of aromatic hydroxyl groups is 1. The second-order valence-corrected chi connectivity index (χ2v) is 6.68. The van der Waals surface area contributed by atoms with Gasteiger partial charge in [0.25, 0.3) is 5.56 Å². The third-order valence-electron chi connectivity index (χ3n) is 3.99. The molecule has 0 bridgehead atoms. The quantitative estimate of drug-likeness (QED) is 0.617. The maximum absolute atomic E-state index is 12.4. The highest BCUT2D eigenvalue weighted by Crippen LogP contribution is 2.31. The van der Waals surface area contributed by atoms with Gasteiger partial charge in [-0.3, -0.25) is 24.4 Å². The third-order valence-corrected chi connectivity index (χ3v) is 3.99. The number of benzene rings is 1. The van der Waals surface area contributed by atoms with Crippen LogP contribution in [0.5, 0.6) is 5.75 Å². The van der Waals surface area contributed by atoms with Crippen LogP contribution in [0.4, 0.5) is 5.69 Å². The molecule has 0 radical (unpaired) electrons. The van der Waals surface area contributed by atoms with Gasteiger partial charge < -0.3 is 10.2 Å². The van der Waals surface area contributed by atoms with Crippen LogP contribution in [0.2, 0.25) is 0 Å². The van der Waals surface area contributed by atoms with Gasteiger partial charge in [-0.1, -0.05) is 38.1 Å². The molecule has 0 aliphatic carbocycles. The highest BCUT2D eigenvalue weighted by Gasteiger charge is 2.10. The second kappa shape index (κ2) is 9.02. The van der Waals surface area contributed by atoms with Gasteiger partial charge >= 0.3 is 5.97 Å². The Bertz CT molecular complexity index is 920. The maximum atomic E-state index is 12.4. The van der Waals surface area contributed by atoms with Gasteiger partial charge in [-0.15, -0.1) is 0 Å². The molecule has 1 heterocycles. The molecular formula is C20H25N3O4. The number of phenols is 1. The van der Waals surface area contributed by atoms with E-state index in [0.717, 1.165) is 0 Å². The average molecular weight is 371 g/mol. The van der Waals surface area contributed by atoms with Crippen LogP contribution in [0, 0.1) is 12.8 Å². The van der Waals surface area contributed by atoms with Crippen LogP contribution in [0.25, 0.3) is 6.08 Å². The van der Waals surface area contributed by atoms with Gasteiger partial charge in [0.2, 0.25) is 0 Å². The van der Waals surface area contributed by atoms with Crippen molar-refractivity contribution in [2.24, 2.45) is 10.9 Å². The van der Waals surface area contributed by atoms with Crippen LogP contribution in [0.1, 0.15) is 43.5 Å². The van der Waals surface area contributed by atoms with Crippen molar-refractivity contribution in [2.45, 2.75) is 40.2 Å². The van der Waals surface area contributed by atoms with Crippen molar-refractivity contribution in [1.82, 2.24) is 9.78 Å². The zero-order valence-corrected chi connectivity index (χ0v) is 15.8. The van der Waals surface area contributed by atoms with Gasteiger partial charge in [-0.2, -0.15) is 0 Å². The number of aliphatic imine (C=N–C) groups is 1. The number of hydrogen-bond donors (Lipinski definition) is 3. The van der Waals surface area contributed by atoms with Crippen molar-refractivity contribution >= 4 is 23.9 Å². The van der Waals surface area contributed by atoms with E-state index in [1.807, 2.05) is 26.0 Å². The van der Waals surface area contributed by atoms with Crippen LogP contribution in [-0.2, 0) is 11.3 Å². The molecule has 1 aromatic carbocycles. The van der Waals surface area contributed by atoms with Gasteiger partial charge in [-0.25, -0.2) is 0 Å². The van der Waals surface area contributed by atoms with Gasteiger partial charge in [0.05, 0.1) is 5.56 Å². The van der Waals surface area contributed by atoms with Crippen LogP contribution >= 0.6 is 0 Å². The molecule has 144 valence electrons. The number of carboxylic acids is 1. The van der Waals surface area contributed by atoms with Crippen LogP contribution in [0.3, 0.4) is 0 Å². The Morgan fingerprint density at radius 1 is 1.37 bits per heavy atom. The first-order valence-electron chi connectivity index (χ1n) is 8.85. The lowest BCUT2D eigenvalue weighted by atomic mass is 10.1. The molecule has 3 N–H and O–H groups in total. The Balaban J connectivity index is 2.23. The lowest BCUT2D eigenvalue weighted by Gasteiger charge is -2.03. The number of carboxylic acid groups (broad SMARTS) is 1. The summed E-state index contributed by atoms with van der Waals surface area (Å²) in [7, 11) is 0. The monoisotopic (exact) mass is 371 g/mol. The maximum Gasteiger partial charge on any atom is 0.303 e. The molecule has 0 aliphatic rings. The minimum atomic E-state index is -0.894. The molecule has 0 spiro atoms. The predicted octanol–water partition coefficient (Wildman–Crippen LogP) is 3.48. The standard InChI is InChI=1S/C20H25N3O4/c1-13(2)9-10-15-6-4-7-17(19(15)26)21-12-16-14(3)22-23(20(16)27)11-5-8-18(24)25/h4,6-7,9-10,12-13,22,26H,5,8,11H2,1-3H3,(H,24,25)/b10-9-,21-12?. The van der Waals surface area contributed by atoms with E-state index in [1.54, 1.807) is 25.1 Å². The molecule has 0 amide bonds. The predicted molar refractivity (Wildman–Crippen MR) is 106 cm³/mol. The smallest absolute Gasteiger partial charge is 0.303 e. The van der Waals surface area contributed by atoms with E-state index in [4.69, 9.17) is 5.11 Å². The number of nitrogens with zero attached hydrogens (tertiary/aromatic N) is 2. The van der Waals surface area contributed by atoms with Gasteiger partial charge in [-0.05, 0) is 25.3 Å². The number of H-pyrrole nitrogens is 1. The van der Waals surface area contributed by atoms with Crippen molar-refractivity contribution in [1.29, 1.82) is 0 Å². The minimum absolute atomic E-state index is 0.00150. The lowest BCUT2D eigenvalue weighted by molar-refractivity contribution is -0.137. The summed E-state index contributed by atoms with van der Waals surface area (Å²) >= 11 is 0. The Labute approximate surface area is 157 Å². The Hall–Kier alpha value is -3.09. The number of carbonyl (C=O) groups is 1. The number of aromatic nitrogens is 2. The molecule has 7 heteroatoms. The molecule has 0 saturated carbocycles. The molecule has 0 aliphatic heterocycles. The molecule has 0 saturated heterocycles. The first-order chi connectivity index (χ1) is 12.8. The van der Waals surface area contributed by atoms with Crippen molar-refractivity contribution < 1.29 is 15.0 Å². The molecular weight excluding hydrogens is 346 g/mol. The molecule has 0 fully saturated rings. The third kappa shape index (κ3) is 5.44. The molecule has 7 nitrogen and oxygen atoms in total. The fourth-order valence-corrected chi connectivity index (χ4v) is 2.53. The average Bonchev–Trinajstić information content (AvgIpc) is 2.86. The zero-order valence-electron chi connectivity index (χ0n) is 15.8. The highest BCUT2D eigenvalue weighted by atomic mass is 16.4. The Morgan fingerprint density at radius 3 is 2.78 bits per heavy atom. The largest absolute Gasteiger partial charge is 0.505 e. The van der Waals surface area contributed by atoms with Crippen LogP contribution < -0.4 is 5.56 Å². The first kappa shape index (κ1) is 20.2. The van der Waals surface area contributed by atoms with Crippen molar-refractivity contribution in [3.05, 3.63) is 51.4 Å². The molecule has 2 rings (SSSR count). The number of rotatable bonds is 8. The second-order valence-electron chi connectivity index (χ2n) is 6.68. The molecule has 27 heavy (non-hydrogen) atoms. The summed E-state index contributed by atoms with van der Waals surface area (Å²) in [6, 6.07) is 5.26. The van der Waals surface area contributed by atoms with E-state index < -0.39 is 5.97 Å². The van der Waals surface area contributed by atoms with E-state index in [9.17, 15) is 14.7 Å². The van der Waals surface area contributed by atoms with E-state index in [1.165, 1.54) is 10.9 Å². The molecule has 0 atom stereocenters. The SMILES string of the molecule is Cc1[nH]n(CCCC(=O)O)c(=O)c1C=Nc1cccc(/C=C\C(C)C)c1O. The fourth-order valence-electron chi connectivity index (χ4n) is 2.53. The molecule has 0 unspecified atom stereocenters. The summed E-state index contributed by atoms with van der Waals surface area (Å²) in [5.74, 6) is -0.478. The normalized spacial score (nSPS) is 11.9. The fraction of sp³-hybridized carbons (Fsp3) is 0.350. The summed E-state index contributed by atoms with van der Waals surface area (Å²) in [5, 5.41) is 22.0. The minimum Gasteiger partial charge on any atom is -0.505 e. The number of aryl methyl sites for hydroxylation is 2. The van der Waals surface area contributed by atoms with Crippen molar-refractivity contribution in [2.75, 3.05) is 0 Å². The number of hydrogen-bond acceptors (Lipinski definition) is 4. The van der Waals surface area contributed by atoms with E-state index in [-0.39, 0.29) is 17.7 Å². The highest BCUT2D eigenvalue weighted by molar-refractivity contribution is 5.84. The topological polar surface area (TPSA) is 108 Å². The number of aliphatic carboxylic acids is 1. The van der Waals surface area contributed by atoms with Crippen LogP contribution in [0.15, 0.2) is 34.1 Å². The first-order valence-corrected chi connectivity index (χ1v) is 8.85. The van der Waals surface area contributed by atoms with E-state index >= 15 is 0 Å². The Kier molecular flexibility index (Phi) is 6.76. The van der Waals surface area contributed by atoms with E-state index in [2.05, 4.69) is 10.1 Å². The lowest BCUT2D eigenvalue weighted by Crippen LogP contribution is -2.19. The van der Waals surface area contributed by atoms with Gasteiger partial charge in [0, 0.05) is 30.4 Å². The van der Waals surface area contributed by atoms with Gasteiger partial charge in [0.15, 0.2) is 0 Å². The number of allylic oxidation sites excluding steroid dienone is 1. The number of aromatic amines is 1. The number of nitrogens with one attached hydrogen (secondary N) is 1. The molecule has 1 aromatic heterocycles. The van der Waals surface area contributed by atoms with Crippen molar-refractivity contribution in [3.63, 3.8) is 0 Å². The van der Waals surface area contributed by atoms with Gasteiger partial charge in [0.1, 0.15) is 11.4 Å². The number of phenolic OH excluding ortho intramolecular Hbond substituents is 1. The summed E-state index contributed by atoms with van der Waals surface area (Å²) in [4.78, 5) is 27.3. The van der Waals surface area contributed by atoms with Crippen LogP contribution in [-0.4, -0.2) is 32.2 Å². The van der Waals surface area contributed by atoms with Crippen molar-refractivity contribution in [3.8, 4) is 5.75 Å². The zero-order chi connectivity index (χ0) is 20.0. The van der Waals surface area contributed by atoms with E-state index in [0.29, 0.717) is 41.4 Å². The summed E-state index contributed by atoms with van der Waals surface area (Å²) in [6.07, 6.45) is 5.60. The summed E-state index contributed by atoms with van der Waals surface area (Å²) in [5.41, 5.74) is 1.79.